The van der Waals surface area contributed by atoms with Crippen molar-refractivity contribution in [1.29, 1.82) is 0 Å². The number of hydrogen-bond acceptors (Lipinski definition) is 6. The number of nitrogens with zero attached hydrogens (tertiary/aromatic N) is 4. The number of imidazole rings is 1. The first-order chi connectivity index (χ1) is 17.4. The number of pyridine rings is 1. The van der Waals surface area contributed by atoms with Crippen LogP contribution in [0.3, 0.4) is 0 Å². The molecule has 0 spiro atoms. The minimum Gasteiger partial charge on any atom is -0.388 e. The normalized spacial score (nSPS) is 20.2. The van der Waals surface area contributed by atoms with Gasteiger partial charge in [-0.25, -0.2) is 17.8 Å². The zero-order valence-electron chi connectivity index (χ0n) is 21.0. The number of fused-ring (bicyclic) bond motifs is 3. The van der Waals surface area contributed by atoms with Crippen LogP contribution >= 0.6 is 11.6 Å². The van der Waals surface area contributed by atoms with Gasteiger partial charge >= 0.3 is 0 Å². The number of aromatic nitrogens is 2. The van der Waals surface area contributed by atoms with Crippen molar-refractivity contribution in [2.24, 2.45) is 5.41 Å². The van der Waals surface area contributed by atoms with E-state index < -0.39 is 21.1 Å². The molecule has 198 valence electrons. The molecule has 0 saturated carbocycles. The Morgan fingerprint density at radius 1 is 1.16 bits per heavy atom. The van der Waals surface area contributed by atoms with E-state index in [1.165, 1.54) is 12.1 Å². The zero-order valence-corrected chi connectivity index (χ0v) is 22.6. The molecule has 0 unspecified atom stereocenters. The summed E-state index contributed by atoms with van der Waals surface area (Å²) in [5, 5.41) is 10.0. The lowest BCUT2D eigenvalue weighted by Gasteiger charge is -2.42. The molecule has 2 aromatic heterocycles. The summed E-state index contributed by atoms with van der Waals surface area (Å²) in [5.74, 6) is 0.292. The number of carbonyl (C=O) groups excluding carboxylic acids is 1. The van der Waals surface area contributed by atoms with Crippen LogP contribution in [0.5, 0.6) is 0 Å². The largest absolute Gasteiger partial charge is 0.388 e. The molecular weight excluding hydrogens is 519 g/mol. The maximum Gasteiger partial charge on any atom is 0.255 e. The van der Waals surface area contributed by atoms with Crippen LogP contribution in [-0.4, -0.2) is 64.6 Å². The SMILES string of the molecule is CC(C)(C)CS(=O)(=O)c1cc(N2[C@@H]3CC[C@H]2CN(C(=O)c2ccc(F)cc2Cl)C3)n2c(CO)ncc2c1. The van der Waals surface area contributed by atoms with E-state index in [1.807, 2.05) is 20.8 Å². The minimum absolute atomic E-state index is 0.00975. The van der Waals surface area contributed by atoms with Crippen LogP contribution in [-0.2, 0) is 16.4 Å². The Morgan fingerprint density at radius 2 is 1.84 bits per heavy atom. The van der Waals surface area contributed by atoms with Gasteiger partial charge in [0.05, 0.1) is 32.9 Å². The van der Waals surface area contributed by atoms with E-state index >= 15 is 0 Å². The fourth-order valence-electron chi connectivity index (χ4n) is 5.56. The molecule has 4 heterocycles. The zero-order chi connectivity index (χ0) is 26.7. The Hall–Kier alpha value is -2.69. The maximum atomic E-state index is 13.5. The smallest absolute Gasteiger partial charge is 0.255 e. The van der Waals surface area contributed by atoms with Crippen molar-refractivity contribution in [3.63, 3.8) is 0 Å². The third kappa shape index (κ3) is 4.82. The van der Waals surface area contributed by atoms with Crippen LogP contribution in [0.15, 0.2) is 41.4 Å². The minimum atomic E-state index is -3.59. The molecule has 8 nitrogen and oxygen atoms in total. The standard InChI is InChI=1S/C26H30ClFN4O4S/c1-26(2,3)15-37(35,36)20-9-19-11-29-23(14-33)32(19)24(10-20)31-17-5-6-18(31)13-30(12-17)25(34)21-7-4-16(28)8-22(21)27/h4,7-11,17-18,33H,5-6,12-15H2,1-3H3/t17-,18+. The number of aliphatic hydroxyl groups is 1. The van der Waals surface area contributed by atoms with E-state index in [0.717, 1.165) is 18.9 Å². The average Bonchev–Trinajstić information content (AvgIpc) is 3.34. The number of rotatable bonds is 5. The molecule has 2 bridgehead atoms. The summed E-state index contributed by atoms with van der Waals surface area (Å²) < 4.78 is 42.0. The quantitative estimate of drug-likeness (QED) is 0.519. The van der Waals surface area contributed by atoms with E-state index in [9.17, 15) is 22.7 Å². The molecule has 3 aromatic rings. The first-order valence-corrected chi connectivity index (χ1v) is 14.3. The molecule has 1 amide bonds. The second-order valence-corrected chi connectivity index (χ2v) is 13.5. The van der Waals surface area contributed by atoms with Crippen LogP contribution in [0.2, 0.25) is 5.02 Å². The molecule has 11 heteroatoms. The molecule has 2 aliphatic rings. The van der Waals surface area contributed by atoms with E-state index in [0.29, 0.717) is 30.2 Å². The first-order valence-electron chi connectivity index (χ1n) is 12.2. The second-order valence-electron chi connectivity index (χ2n) is 11.1. The van der Waals surface area contributed by atoms with Gasteiger partial charge in [0.1, 0.15) is 24.1 Å². The van der Waals surface area contributed by atoms with Gasteiger partial charge in [-0.3, -0.25) is 9.20 Å². The summed E-state index contributed by atoms with van der Waals surface area (Å²) in [4.78, 5) is 21.7. The highest BCUT2D eigenvalue weighted by Gasteiger charge is 2.43. The van der Waals surface area contributed by atoms with Crippen molar-refractivity contribution in [3.8, 4) is 0 Å². The Balaban J connectivity index is 1.53. The van der Waals surface area contributed by atoms with E-state index in [4.69, 9.17) is 11.6 Å². The van der Waals surface area contributed by atoms with Crippen LogP contribution in [0.1, 0.15) is 49.8 Å². The summed E-state index contributed by atoms with van der Waals surface area (Å²) in [6.45, 7) is 6.18. The van der Waals surface area contributed by atoms with Crippen molar-refractivity contribution in [2.75, 3.05) is 23.7 Å². The highest BCUT2D eigenvalue weighted by molar-refractivity contribution is 7.91. The van der Waals surface area contributed by atoms with Gasteiger partial charge in [0, 0.05) is 25.2 Å². The molecule has 37 heavy (non-hydrogen) atoms. The van der Waals surface area contributed by atoms with Gasteiger partial charge in [0.15, 0.2) is 9.84 Å². The van der Waals surface area contributed by atoms with Crippen molar-refractivity contribution in [2.45, 2.75) is 57.2 Å². The van der Waals surface area contributed by atoms with Crippen LogP contribution < -0.4 is 4.90 Å². The molecule has 0 radical (unpaired) electrons. The molecule has 2 atom stereocenters. The van der Waals surface area contributed by atoms with Crippen LogP contribution in [0, 0.1) is 11.2 Å². The fourth-order valence-corrected chi connectivity index (χ4v) is 7.70. The Morgan fingerprint density at radius 3 is 2.43 bits per heavy atom. The molecular formula is C26H30ClFN4O4S. The van der Waals surface area contributed by atoms with Crippen LogP contribution in [0.4, 0.5) is 10.2 Å². The summed E-state index contributed by atoms with van der Waals surface area (Å²) in [6.07, 6.45) is 3.20. The third-order valence-corrected chi connectivity index (χ3v) is 9.48. The Kier molecular flexibility index (Phi) is 6.49. The van der Waals surface area contributed by atoms with Gasteiger partial charge in [-0.2, -0.15) is 0 Å². The van der Waals surface area contributed by atoms with Crippen molar-refractivity contribution < 1.29 is 22.7 Å². The summed E-state index contributed by atoms with van der Waals surface area (Å²) in [7, 11) is -3.59. The number of benzene rings is 1. The Labute approximate surface area is 220 Å². The molecule has 1 aromatic carbocycles. The number of likely N-dealkylation sites (tertiary alicyclic amines) is 1. The second kappa shape index (κ2) is 9.25. The van der Waals surface area contributed by atoms with E-state index in [1.54, 1.807) is 27.6 Å². The van der Waals surface area contributed by atoms with Crippen LogP contribution in [0.25, 0.3) is 5.52 Å². The maximum absolute atomic E-state index is 13.5. The van der Waals surface area contributed by atoms with Gasteiger partial charge in [-0.15, -0.1) is 0 Å². The fraction of sp³-hybridized carbons (Fsp3) is 0.462. The molecule has 2 saturated heterocycles. The topological polar surface area (TPSA) is 95.2 Å². The number of piperazine rings is 1. The van der Waals surface area contributed by atoms with Gasteiger partial charge in [0.25, 0.3) is 5.91 Å². The van der Waals surface area contributed by atoms with Crippen molar-refractivity contribution >= 4 is 38.7 Å². The predicted molar refractivity (Wildman–Crippen MR) is 139 cm³/mol. The van der Waals surface area contributed by atoms with Gasteiger partial charge < -0.3 is 14.9 Å². The van der Waals surface area contributed by atoms with Gasteiger partial charge in [0.2, 0.25) is 0 Å². The lowest BCUT2D eigenvalue weighted by Crippen LogP contribution is -2.56. The highest BCUT2D eigenvalue weighted by Crippen LogP contribution is 2.38. The Bertz CT molecular complexity index is 1470. The molecule has 5 rings (SSSR count). The monoisotopic (exact) mass is 548 g/mol. The molecule has 2 fully saturated rings. The summed E-state index contributed by atoms with van der Waals surface area (Å²) in [5.41, 5.74) is 0.421. The number of halogens is 2. The third-order valence-electron chi connectivity index (χ3n) is 6.97. The van der Waals surface area contributed by atoms with Crippen molar-refractivity contribution in [1.82, 2.24) is 14.3 Å². The average molecular weight is 549 g/mol. The van der Waals surface area contributed by atoms with Gasteiger partial charge in [-0.1, -0.05) is 32.4 Å². The number of anilines is 1. The summed E-state index contributed by atoms with van der Waals surface area (Å²) in [6, 6.07) is 6.90. The summed E-state index contributed by atoms with van der Waals surface area (Å²) >= 11 is 6.16. The predicted octanol–water partition coefficient (Wildman–Crippen LogP) is 3.93. The molecule has 1 N–H and O–H groups in total. The van der Waals surface area contributed by atoms with E-state index in [2.05, 4.69) is 9.88 Å². The first kappa shape index (κ1) is 25.9. The number of sulfone groups is 1. The molecule has 2 aliphatic heterocycles. The molecule has 0 aliphatic carbocycles. The lowest BCUT2D eigenvalue weighted by atomic mass is 10.0. The van der Waals surface area contributed by atoms with Gasteiger partial charge in [-0.05, 0) is 48.6 Å². The highest BCUT2D eigenvalue weighted by atomic mass is 35.5. The number of carbonyl (C=O) groups is 1. The number of aliphatic hydroxyl groups excluding tert-OH is 1. The number of amides is 1. The number of hydrogen-bond donors (Lipinski definition) is 1. The van der Waals surface area contributed by atoms with Crippen molar-refractivity contribution in [3.05, 3.63) is 58.8 Å². The van der Waals surface area contributed by atoms with E-state index in [-0.39, 0.29) is 45.8 Å². The lowest BCUT2D eigenvalue weighted by molar-refractivity contribution is 0.0717.